The minimum atomic E-state index is -0.584. The monoisotopic (exact) mass is 912 g/mol. The van der Waals surface area contributed by atoms with Crippen molar-refractivity contribution in [3.8, 4) is 33.4 Å². The van der Waals surface area contributed by atoms with Crippen molar-refractivity contribution in [2.75, 3.05) is 9.80 Å². The molecule has 2 nitrogen and oxygen atoms in total. The first-order valence-electron chi connectivity index (χ1n) is 26.2. The molecule has 10 aromatic rings. The fourth-order valence-electron chi connectivity index (χ4n) is 15.4. The molecular weight excluding hydrogens is 857 g/mol. The molecule has 342 valence electrons. The fourth-order valence-corrected chi connectivity index (χ4v) is 15.4. The van der Waals surface area contributed by atoms with Gasteiger partial charge in [0.15, 0.2) is 0 Å². The van der Waals surface area contributed by atoms with E-state index in [0.717, 1.165) is 0 Å². The highest BCUT2D eigenvalue weighted by atomic mass is 15.2. The van der Waals surface area contributed by atoms with E-state index >= 15 is 0 Å². The molecule has 0 aromatic heterocycles. The predicted molar refractivity (Wildman–Crippen MR) is 297 cm³/mol. The summed E-state index contributed by atoms with van der Waals surface area (Å²) in [6, 6.07) is 83.8. The molecule has 0 radical (unpaired) electrons. The van der Waals surface area contributed by atoms with Crippen LogP contribution in [0.3, 0.4) is 0 Å². The molecule has 4 atom stereocenters. The lowest BCUT2D eigenvalue weighted by Gasteiger charge is -2.37. The normalized spacial score (nSPS) is 22.1. The maximum atomic E-state index is 2.66. The number of rotatable bonds is 6. The van der Waals surface area contributed by atoms with Crippen molar-refractivity contribution < 1.29 is 0 Å². The second-order valence-corrected chi connectivity index (χ2v) is 21.8. The molecule has 3 aliphatic carbocycles. The number of nitrogens with zero attached hydrogens (tertiary/aromatic N) is 2. The first-order valence-corrected chi connectivity index (χ1v) is 26.2. The van der Waals surface area contributed by atoms with Crippen LogP contribution in [-0.2, 0) is 5.41 Å². The molecule has 15 rings (SSSR count). The molecule has 2 saturated carbocycles. The van der Waals surface area contributed by atoms with Gasteiger partial charge in [-0.05, 0) is 189 Å². The van der Waals surface area contributed by atoms with Gasteiger partial charge in [0.2, 0.25) is 0 Å². The van der Waals surface area contributed by atoms with E-state index in [9.17, 15) is 0 Å². The van der Waals surface area contributed by atoms with Gasteiger partial charge in [-0.15, -0.1) is 0 Å². The van der Waals surface area contributed by atoms with Gasteiger partial charge in [-0.2, -0.15) is 0 Å². The minimum absolute atomic E-state index is 0.0706. The van der Waals surface area contributed by atoms with Crippen LogP contribution >= 0.6 is 0 Å². The van der Waals surface area contributed by atoms with Gasteiger partial charge < -0.3 is 9.80 Å². The largest absolute Gasteiger partial charge is 0.335 e. The van der Waals surface area contributed by atoms with Crippen LogP contribution in [0.15, 0.2) is 218 Å². The Labute approximate surface area is 417 Å². The topological polar surface area (TPSA) is 6.48 Å². The molecule has 2 heterocycles. The van der Waals surface area contributed by atoms with E-state index < -0.39 is 5.41 Å². The third-order valence-electron chi connectivity index (χ3n) is 18.4. The van der Waals surface area contributed by atoms with Gasteiger partial charge in [0.05, 0.1) is 5.41 Å². The van der Waals surface area contributed by atoms with E-state index in [1.807, 2.05) is 0 Å². The van der Waals surface area contributed by atoms with Gasteiger partial charge in [-0.25, -0.2) is 0 Å². The fraction of sp³-hybridized carbons (Fsp3) is 0.188. The average molecular weight is 913 g/mol. The summed E-state index contributed by atoms with van der Waals surface area (Å²) < 4.78 is 0. The van der Waals surface area contributed by atoms with E-state index in [0.29, 0.717) is 11.8 Å². The van der Waals surface area contributed by atoms with Crippen LogP contribution in [0.5, 0.6) is 0 Å². The number of para-hydroxylation sites is 2. The summed E-state index contributed by atoms with van der Waals surface area (Å²) >= 11 is 0. The highest BCUT2D eigenvalue weighted by Crippen LogP contribution is 2.63. The van der Waals surface area contributed by atoms with E-state index in [2.05, 4.69) is 242 Å². The van der Waals surface area contributed by atoms with Crippen LogP contribution in [0.25, 0.3) is 54.9 Å². The Morgan fingerprint density at radius 3 is 1.39 bits per heavy atom. The summed E-state index contributed by atoms with van der Waals surface area (Å²) in [6.07, 6.45) is 7.38. The molecule has 10 aromatic carbocycles. The molecular formula is C69H56N2. The lowest BCUT2D eigenvalue weighted by Crippen LogP contribution is -2.40. The second-order valence-electron chi connectivity index (χ2n) is 21.8. The van der Waals surface area contributed by atoms with Crippen molar-refractivity contribution >= 4 is 44.3 Å². The molecule has 0 N–H and O–H groups in total. The van der Waals surface area contributed by atoms with Crippen molar-refractivity contribution in [1.82, 2.24) is 0 Å². The van der Waals surface area contributed by atoms with Crippen LogP contribution in [0.2, 0.25) is 0 Å². The molecule has 0 saturated heterocycles. The number of hydrogen-bond acceptors (Lipinski definition) is 2. The van der Waals surface area contributed by atoms with Gasteiger partial charge in [-0.3, -0.25) is 0 Å². The van der Waals surface area contributed by atoms with E-state index in [4.69, 9.17) is 0 Å². The molecule has 0 amide bonds. The van der Waals surface area contributed by atoms with E-state index in [-0.39, 0.29) is 11.1 Å². The Hall–Kier alpha value is -7.68. The predicted octanol–water partition coefficient (Wildman–Crippen LogP) is 18.0. The van der Waals surface area contributed by atoms with Crippen LogP contribution < -0.4 is 9.80 Å². The summed E-state index contributed by atoms with van der Waals surface area (Å²) in [5, 5.41) is 5.23. The Morgan fingerprint density at radius 2 is 0.845 bits per heavy atom. The van der Waals surface area contributed by atoms with E-state index in [1.54, 1.807) is 0 Å². The molecule has 2 aliphatic heterocycles. The zero-order chi connectivity index (χ0) is 47.1. The lowest BCUT2D eigenvalue weighted by molar-refractivity contribution is 0.451. The molecule has 2 fully saturated rings. The van der Waals surface area contributed by atoms with Crippen LogP contribution in [0.1, 0.15) is 97.6 Å². The number of fused-ring (bicyclic) bond motifs is 14. The summed E-state index contributed by atoms with van der Waals surface area (Å²) in [6.45, 7) is 5.01. The highest BCUT2D eigenvalue weighted by Gasteiger charge is 2.53. The summed E-state index contributed by atoms with van der Waals surface area (Å²) in [5.74, 6) is 1.00. The Kier molecular flexibility index (Phi) is 8.78. The van der Waals surface area contributed by atoms with Crippen LogP contribution in [-0.4, -0.2) is 11.1 Å². The van der Waals surface area contributed by atoms with Gasteiger partial charge in [0.25, 0.3) is 0 Å². The summed E-state index contributed by atoms with van der Waals surface area (Å²) in [5.41, 5.74) is 21.0. The zero-order valence-electron chi connectivity index (χ0n) is 40.6. The van der Waals surface area contributed by atoms with E-state index in [1.165, 1.54) is 150 Å². The van der Waals surface area contributed by atoms with Gasteiger partial charge >= 0.3 is 0 Å². The maximum Gasteiger partial charge on any atom is 0.0720 e. The quantitative estimate of drug-likeness (QED) is 0.153. The van der Waals surface area contributed by atoms with Crippen molar-refractivity contribution in [3.05, 3.63) is 252 Å². The van der Waals surface area contributed by atoms with Crippen LogP contribution in [0.4, 0.5) is 22.7 Å². The molecule has 2 heteroatoms. The highest BCUT2D eigenvalue weighted by molar-refractivity contribution is 6.20. The first-order chi connectivity index (χ1) is 34.9. The Morgan fingerprint density at radius 1 is 0.394 bits per heavy atom. The van der Waals surface area contributed by atoms with Crippen molar-refractivity contribution in [2.45, 2.75) is 80.7 Å². The maximum absolute atomic E-state index is 2.66. The molecule has 4 unspecified atom stereocenters. The molecule has 5 aliphatic rings. The second kappa shape index (κ2) is 15.2. The number of hydrogen-bond donors (Lipinski definition) is 0. The minimum Gasteiger partial charge on any atom is -0.335 e. The third kappa shape index (κ3) is 5.59. The summed E-state index contributed by atoms with van der Waals surface area (Å²) in [4.78, 5) is 5.32. The average Bonchev–Trinajstić information content (AvgIpc) is 4.21. The van der Waals surface area contributed by atoms with Crippen LogP contribution in [0, 0.1) is 0 Å². The molecule has 0 spiro atoms. The third-order valence-corrected chi connectivity index (χ3v) is 18.4. The Balaban J connectivity index is 0.942. The molecule has 0 bridgehead atoms. The summed E-state index contributed by atoms with van der Waals surface area (Å²) in [7, 11) is 0. The van der Waals surface area contributed by atoms with Crippen molar-refractivity contribution in [3.63, 3.8) is 0 Å². The Bertz CT molecular complexity index is 3730. The van der Waals surface area contributed by atoms with Crippen molar-refractivity contribution in [2.24, 2.45) is 0 Å². The SMILES string of the molecule is CC12CCCC1c1cc(-c3ccc4c(c3)C(c3ccccc3)(c3ccccc3)c3c-4c4ccccc4c4cc(-c5ccc6c(c5)C5CCCC5(C)N6c5ccccc5)ccc34)ccc1N2c1ccccc1. The van der Waals surface area contributed by atoms with Gasteiger partial charge in [0, 0.05) is 45.7 Å². The lowest BCUT2D eigenvalue weighted by atomic mass is 9.66. The molecule has 71 heavy (non-hydrogen) atoms. The van der Waals surface area contributed by atoms with Gasteiger partial charge in [0.1, 0.15) is 0 Å². The zero-order valence-corrected chi connectivity index (χ0v) is 40.6. The van der Waals surface area contributed by atoms with Gasteiger partial charge in [-0.1, -0.05) is 171 Å². The number of anilines is 4. The number of benzene rings is 10. The van der Waals surface area contributed by atoms with Crippen molar-refractivity contribution in [1.29, 1.82) is 0 Å². The first kappa shape index (κ1) is 41.1. The smallest absolute Gasteiger partial charge is 0.0720 e. The standard InChI is InChI=1S/C69H56N2/c1-67-39-17-29-60(67)58-42-46(33-37-63(58)70(67)51-23-11-5-12-24-51)45-31-35-55-57(41-45)53-27-15-16-28-54(53)65-56-36-32-48(44-62(56)69(66(55)65,49-19-7-3-8-20-49)50-21-9-4-10-22-50)47-34-38-64-59(43-47)61-30-18-40-68(61,2)71(64)52-25-13-6-14-26-52/h3-16,19-28,31-38,41-44,60-61H,17-18,29-30,39-40H2,1-2H3.